The van der Waals surface area contributed by atoms with E-state index in [1.807, 2.05) is 0 Å². The minimum atomic E-state index is -3.75. The lowest BCUT2D eigenvalue weighted by atomic mass is 10.1. The molecule has 0 spiro atoms. The van der Waals surface area contributed by atoms with Crippen LogP contribution in [0.25, 0.3) is 22.3 Å². The summed E-state index contributed by atoms with van der Waals surface area (Å²) in [6.45, 7) is 1.68. The summed E-state index contributed by atoms with van der Waals surface area (Å²) in [5.41, 5.74) is 1.48. The number of hydrogen-bond acceptors (Lipinski definition) is 4. The van der Waals surface area contributed by atoms with Crippen molar-refractivity contribution < 1.29 is 12.8 Å². The number of nitrogens with two attached hydrogens (primary N) is 1. The Morgan fingerprint density at radius 3 is 2.27 bits per heavy atom. The van der Waals surface area contributed by atoms with Crippen LogP contribution in [0.1, 0.15) is 5.56 Å². The van der Waals surface area contributed by atoms with E-state index in [4.69, 9.17) is 9.56 Å². The molecule has 112 valence electrons. The molecule has 0 atom stereocenters. The summed E-state index contributed by atoms with van der Waals surface area (Å²) in [6.07, 6.45) is 0. The van der Waals surface area contributed by atoms with Gasteiger partial charge in [-0.3, -0.25) is 4.79 Å². The van der Waals surface area contributed by atoms with E-state index in [0.29, 0.717) is 27.9 Å². The summed E-state index contributed by atoms with van der Waals surface area (Å²) >= 11 is 0. The number of primary sulfonamides is 1. The Morgan fingerprint density at radius 1 is 1.00 bits per heavy atom. The first-order valence-electron chi connectivity index (χ1n) is 6.53. The van der Waals surface area contributed by atoms with Crippen molar-refractivity contribution in [3.8, 4) is 11.3 Å². The van der Waals surface area contributed by atoms with Crippen molar-refractivity contribution in [3.63, 3.8) is 0 Å². The van der Waals surface area contributed by atoms with Crippen LogP contribution in [0.5, 0.6) is 0 Å². The highest BCUT2D eigenvalue weighted by molar-refractivity contribution is 7.89. The molecule has 22 heavy (non-hydrogen) atoms. The lowest BCUT2D eigenvalue weighted by Gasteiger charge is -2.07. The van der Waals surface area contributed by atoms with Crippen LogP contribution in [0.2, 0.25) is 0 Å². The largest absolute Gasteiger partial charge is 0.456 e. The average Bonchev–Trinajstić information content (AvgIpc) is 2.50. The van der Waals surface area contributed by atoms with Crippen LogP contribution in [0.15, 0.2) is 62.6 Å². The zero-order chi connectivity index (χ0) is 15.9. The maximum Gasteiger partial charge on any atom is 0.238 e. The van der Waals surface area contributed by atoms with Gasteiger partial charge in [0.25, 0.3) is 0 Å². The molecule has 2 N–H and O–H groups in total. The van der Waals surface area contributed by atoms with Gasteiger partial charge in [-0.25, -0.2) is 13.6 Å². The van der Waals surface area contributed by atoms with Gasteiger partial charge in [-0.1, -0.05) is 12.1 Å². The second kappa shape index (κ2) is 5.08. The van der Waals surface area contributed by atoms with E-state index in [2.05, 4.69) is 0 Å². The molecule has 6 heteroatoms. The molecule has 0 saturated carbocycles. The second-order valence-electron chi connectivity index (χ2n) is 4.95. The Morgan fingerprint density at radius 2 is 1.64 bits per heavy atom. The van der Waals surface area contributed by atoms with Crippen LogP contribution < -0.4 is 10.6 Å². The molecule has 3 aromatic rings. The van der Waals surface area contributed by atoms with E-state index in [1.165, 1.54) is 12.1 Å². The van der Waals surface area contributed by atoms with Gasteiger partial charge in [0.1, 0.15) is 11.3 Å². The Labute approximate surface area is 127 Å². The van der Waals surface area contributed by atoms with Gasteiger partial charge < -0.3 is 4.42 Å². The fourth-order valence-corrected chi connectivity index (χ4v) is 2.82. The van der Waals surface area contributed by atoms with Crippen LogP contribution >= 0.6 is 0 Å². The molecule has 1 aromatic heterocycles. The first-order chi connectivity index (χ1) is 10.4. The van der Waals surface area contributed by atoms with Crippen molar-refractivity contribution in [1.82, 2.24) is 0 Å². The molecule has 0 fully saturated rings. The molecule has 1 heterocycles. The predicted octanol–water partition coefficient (Wildman–Crippen LogP) is 2.42. The van der Waals surface area contributed by atoms with E-state index >= 15 is 0 Å². The predicted molar refractivity (Wildman–Crippen MR) is 84.0 cm³/mol. The molecular formula is C16H13NO4S. The molecular weight excluding hydrogens is 302 g/mol. The van der Waals surface area contributed by atoms with Gasteiger partial charge in [-0.05, 0) is 43.3 Å². The summed E-state index contributed by atoms with van der Waals surface area (Å²) in [4.78, 5) is 12.4. The highest BCUT2D eigenvalue weighted by Gasteiger charge is 2.13. The van der Waals surface area contributed by atoms with E-state index in [-0.39, 0.29) is 10.3 Å². The fourth-order valence-electron chi connectivity index (χ4n) is 2.31. The van der Waals surface area contributed by atoms with Crippen LogP contribution in [0, 0.1) is 6.92 Å². The minimum Gasteiger partial charge on any atom is -0.456 e. The number of para-hydroxylation sites is 1. The first-order valence-corrected chi connectivity index (χ1v) is 8.08. The number of fused-ring (bicyclic) bond motifs is 1. The summed E-state index contributed by atoms with van der Waals surface area (Å²) in [5.74, 6) is 0.421. The molecule has 0 radical (unpaired) electrons. The minimum absolute atomic E-state index is 0.0111. The maximum atomic E-state index is 12.4. The van der Waals surface area contributed by atoms with Gasteiger partial charge >= 0.3 is 0 Å². The van der Waals surface area contributed by atoms with E-state index in [1.54, 1.807) is 43.3 Å². The second-order valence-corrected chi connectivity index (χ2v) is 6.51. The van der Waals surface area contributed by atoms with Crippen LogP contribution in [-0.4, -0.2) is 8.42 Å². The third-order valence-corrected chi connectivity index (χ3v) is 4.40. The standard InChI is InChI=1S/C16H13NO4S/c1-10-15(18)13-4-2-3-5-14(13)21-16(10)11-6-8-12(9-7-11)22(17,19)20/h2-9H,1H3,(H2,17,19,20). The van der Waals surface area contributed by atoms with Crippen molar-refractivity contribution in [2.75, 3.05) is 0 Å². The zero-order valence-corrected chi connectivity index (χ0v) is 12.6. The van der Waals surface area contributed by atoms with E-state index < -0.39 is 10.0 Å². The SMILES string of the molecule is Cc1c(-c2ccc(S(N)(=O)=O)cc2)oc2ccccc2c1=O. The van der Waals surface area contributed by atoms with Crippen LogP contribution in [-0.2, 0) is 10.0 Å². The van der Waals surface area contributed by atoms with Gasteiger partial charge in [-0.15, -0.1) is 0 Å². The first kappa shape index (κ1) is 14.5. The van der Waals surface area contributed by atoms with Crippen LogP contribution in [0.4, 0.5) is 0 Å². The number of benzene rings is 2. The molecule has 2 aromatic carbocycles. The summed E-state index contributed by atoms with van der Waals surface area (Å²) < 4.78 is 28.4. The van der Waals surface area contributed by atoms with E-state index in [0.717, 1.165) is 0 Å². The third-order valence-electron chi connectivity index (χ3n) is 3.47. The normalized spacial score (nSPS) is 11.7. The molecule has 0 aliphatic rings. The number of sulfonamides is 1. The zero-order valence-electron chi connectivity index (χ0n) is 11.7. The highest BCUT2D eigenvalue weighted by Crippen LogP contribution is 2.26. The molecule has 3 rings (SSSR count). The van der Waals surface area contributed by atoms with Crippen molar-refractivity contribution in [3.05, 3.63) is 64.3 Å². The average molecular weight is 315 g/mol. The van der Waals surface area contributed by atoms with E-state index in [9.17, 15) is 13.2 Å². The Kier molecular flexibility index (Phi) is 3.35. The summed E-state index contributed by atoms with van der Waals surface area (Å²) in [5, 5.41) is 5.59. The monoisotopic (exact) mass is 315 g/mol. The number of hydrogen-bond donors (Lipinski definition) is 1. The Balaban J connectivity index is 2.22. The summed E-state index contributed by atoms with van der Waals surface area (Å²) in [6, 6.07) is 12.9. The van der Waals surface area contributed by atoms with Gasteiger partial charge in [-0.2, -0.15) is 0 Å². The Hall–Kier alpha value is -2.44. The van der Waals surface area contributed by atoms with Gasteiger partial charge in [0.2, 0.25) is 10.0 Å². The van der Waals surface area contributed by atoms with Crippen molar-refractivity contribution in [1.29, 1.82) is 0 Å². The topological polar surface area (TPSA) is 90.4 Å². The van der Waals surface area contributed by atoms with Gasteiger partial charge in [0.05, 0.1) is 10.3 Å². The number of rotatable bonds is 2. The molecule has 0 aliphatic heterocycles. The van der Waals surface area contributed by atoms with Crippen molar-refractivity contribution in [2.24, 2.45) is 5.14 Å². The fraction of sp³-hybridized carbons (Fsp3) is 0.0625. The molecule has 0 saturated heterocycles. The molecule has 0 amide bonds. The molecule has 0 unspecified atom stereocenters. The van der Waals surface area contributed by atoms with Crippen molar-refractivity contribution >= 4 is 21.0 Å². The quantitative estimate of drug-likeness (QED) is 0.786. The summed E-state index contributed by atoms with van der Waals surface area (Å²) in [7, 11) is -3.75. The lowest BCUT2D eigenvalue weighted by molar-refractivity contribution is 0.597. The smallest absolute Gasteiger partial charge is 0.238 e. The maximum absolute atomic E-state index is 12.4. The highest BCUT2D eigenvalue weighted by atomic mass is 32.2. The van der Waals surface area contributed by atoms with Gasteiger partial charge in [0, 0.05) is 11.1 Å². The van der Waals surface area contributed by atoms with Crippen molar-refractivity contribution in [2.45, 2.75) is 11.8 Å². The molecule has 0 aliphatic carbocycles. The van der Waals surface area contributed by atoms with Crippen LogP contribution in [0.3, 0.4) is 0 Å². The third kappa shape index (κ3) is 2.43. The molecule has 5 nitrogen and oxygen atoms in total. The van der Waals surface area contributed by atoms with Gasteiger partial charge in [0.15, 0.2) is 5.43 Å². The molecule has 0 bridgehead atoms. The Bertz CT molecular complexity index is 1020. The lowest BCUT2D eigenvalue weighted by Crippen LogP contribution is -2.12.